The summed E-state index contributed by atoms with van der Waals surface area (Å²) < 4.78 is 2.47. The largest absolute Gasteiger partial charge is 0.310 e. The van der Waals surface area contributed by atoms with E-state index < -0.39 is 0 Å². The summed E-state index contributed by atoms with van der Waals surface area (Å²) in [4.78, 5) is 2.40. The molecule has 0 unspecified atom stereocenters. The second-order valence-electron chi connectivity index (χ2n) is 19.3. The van der Waals surface area contributed by atoms with Gasteiger partial charge in [0.15, 0.2) is 0 Å². The average Bonchev–Trinajstić information content (AvgIpc) is 3.89. The van der Waals surface area contributed by atoms with Crippen molar-refractivity contribution in [3.63, 3.8) is 0 Å². The predicted octanol–water partition coefficient (Wildman–Crippen LogP) is 18.9. The highest BCUT2D eigenvalue weighted by Crippen LogP contribution is 2.51. The van der Waals surface area contributed by atoms with Gasteiger partial charge in [0.1, 0.15) is 0 Å². The molecule has 12 aromatic rings. The minimum atomic E-state index is -0.112. The molecule has 0 saturated carbocycles. The standard InChI is InChI=1S/C69H50N2/c1-69(2)65-26-16-15-25-60(65)61-41-40-59(46-66(61)69)70(56-34-27-50(28-35-56)47-17-7-3-8-18-47)57-36-29-51(30-37-57)52-31-38-58(39-32-52)71-67-42-33-54(48-19-9-4-10-20-48)43-63(67)64-45-55(49-21-11-5-12-22-49)44-62(68(64)71)53-23-13-6-14-24-53/h3-46H,1-2H3. The zero-order valence-corrected chi connectivity index (χ0v) is 39.8. The van der Waals surface area contributed by atoms with Crippen LogP contribution in [0.5, 0.6) is 0 Å². The fourth-order valence-corrected chi connectivity index (χ4v) is 11.2. The van der Waals surface area contributed by atoms with Gasteiger partial charge < -0.3 is 9.47 Å². The first-order valence-electron chi connectivity index (χ1n) is 24.7. The maximum absolute atomic E-state index is 2.47. The Kier molecular flexibility index (Phi) is 10.2. The highest BCUT2D eigenvalue weighted by Gasteiger charge is 2.35. The maximum Gasteiger partial charge on any atom is 0.0619 e. The van der Waals surface area contributed by atoms with Crippen molar-refractivity contribution in [3.8, 4) is 72.4 Å². The summed E-state index contributed by atoms with van der Waals surface area (Å²) in [5, 5.41) is 2.46. The van der Waals surface area contributed by atoms with E-state index in [2.05, 4.69) is 290 Å². The predicted molar refractivity (Wildman–Crippen MR) is 300 cm³/mol. The van der Waals surface area contributed by atoms with E-state index in [9.17, 15) is 0 Å². The molecule has 13 rings (SSSR count). The van der Waals surface area contributed by atoms with Crippen LogP contribution in [0.4, 0.5) is 17.1 Å². The number of nitrogens with zero attached hydrogens (tertiary/aromatic N) is 2. The van der Waals surface area contributed by atoms with Crippen LogP contribution < -0.4 is 4.90 Å². The van der Waals surface area contributed by atoms with Crippen LogP contribution in [0.1, 0.15) is 25.0 Å². The smallest absolute Gasteiger partial charge is 0.0619 e. The van der Waals surface area contributed by atoms with Crippen LogP contribution in [0.15, 0.2) is 267 Å². The molecule has 0 fully saturated rings. The topological polar surface area (TPSA) is 8.17 Å². The summed E-state index contributed by atoms with van der Waals surface area (Å²) in [6.45, 7) is 4.71. The Hall–Kier alpha value is -8.98. The normalized spacial score (nSPS) is 12.5. The van der Waals surface area contributed by atoms with Crippen molar-refractivity contribution < 1.29 is 0 Å². The highest BCUT2D eigenvalue weighted by atomic mass is 15.1. The molecule has 71 heavy (non-hydrogen) atoms. The lowest BCUT2D eigenvalue weighted by Gasteiger charge is -2.28. The van der Waals surface area contributed by atoms with E-state index in [-0.39, 0.29) is 5.41 Å². The van der Waals surface area contributed by atoms with Gasteiger partial charge in [0.25, 0.3) is 0 Å². The van der Waals surface area contributed by atoms with Crippen LogP contribution in [-0.2, 0) is 5.41 Å². The molecule has 11 aromatic carbocycles. The summed E-state index contributed by atoms with van der Waals surface area (Å²) in [6, 6.07) is 97.8. The van der Waals surface area contributed by atoms with Gasteiger partial charge in [0.05, 0.1) is 11.0 Å². The molecule has 0 N–H and O–H groups in total. The molecule has 0 amide bonds. The second kappa shape index (κ2) is 17.2. The van der Waals surface area contributed by atoms with Gasteiger partial charge in [-0.25, -0.2) is 0 Å². The molecule has 336 valence electrons. The Morgan fingerprint density at radius 2 is 0.732 bits per heavy atom. The SMILES string of the molecule is CC1(C)c2ccccc2-c2ccc(N(c3ccc(-c4ccccc4)cc3)c3ccc(-c4ccc(-n5c6ccc(-c7ccccc7)cc6c6cc(-c7ccccc7)cc(-c7ccccc7)c65)cc4)cc3)cc21. The number of benzene rings is 11. The van der Waals surface area contributed by atoms with Crippen LogP contribution in [0.2, 0.25) is 0 Å². The van der Waals surface area contributed by atoms with Gasteiger partial charge in [-0.3, -0.25) is 0 Å². The van der Waals surface area contributed by atoms with Crippen LogP contribution in [-0.4, -0.2) is 4.57 Å². The van der Waals surface area contributed by atoms with Crippen LogP contribution >= 0.6 is 0 Å². The van der Waals surface area contributed by atoms with Crippen molar-refractivity contribution in [1.29, 1.82) is 0 Å². The molecule has 1 heterocycles. The van der Waals surface area contributed by atoms with Gasteiger partial charge in [-0.05, 0) is 145 Å². The molecule has 1 aliphatic carbocycles. The molecule has 0 spiro atoms. The molecule has 0 atom stereocenters. The fourth-order valence-electron chi connectivity index (χ4n) is 11.2. The summed E-state index contributed by atoms with van der Waals surface area (Å²) in [6.07, 6.45) is 0. The Balaban J connectivity index is 0.908. The Morgan fingerprint density at radius 1 is 0.296 bits per heavy atom. The van der Waals surface area contributed by atoms with E-state index in [0.717, 1.165) is 33.9 Å². The quantitative estimate of drug-likeness (QED) is 0.140. The molecular formula is C69H50N2. The lowest BCUT2D eigenvalue weighted by Crippen LogP contribution is -2.16. The third kappa shape index (κ3) is 7.35. The van der Waals surface area contributed by atoms with Gasteiger partial charge in [-0.2, -0.15) is 0 Å². The minimum absolute atomic E-state index is 0.112. The van der Waals surface area contributed by atoms with Gasteiger partial charge in [0.2, 0.25) is 0 Å². The van der Waals surface area contributed by atoms with E-state index in [1.165, 1.54) is 88.6 Å². The first-order valence-corrected chi connectivity index (χ1v) is 24.7. The van der Waals surface area contributed by atoms with Crippen molar-refractivity contribution in [2.75, 3.05) is 4.90 Å². The first kappa shape index (κ1) is 42.1. The molecule has 0 saturated heterocycles. The van der Waals surface area contributed by atoms with Gasteiger partial charge in [-0.1, -0.05) is 208 Å². The third-order valence-corrected chi connectivity index (χ3v) is 14.8. The monoisotopic (exact) mass is 906 g/mol. The van der Waals surface area contributed by atoms with Crippen LogP contribution in [0.3, 0.4) is 0 Å². The molecule has 1 aliphatic rings. The molecule has 0 aliphatic heterocycles. The Bertz CT molecular complexity index is 3890. The van der Waals surface area contributed by atoms with Crippen LogP contribution in [0, 0.1) is 0 Å². The summed E-state index contributed by atoms with van der Waals surface area (Å²) in [7, 11) is 0. The Morgan fingerprint density at radius 3 is 1.32 bits per heavy atom. The molecule has 2 nitrogen and oxygen atoms in total. The zero-order chi connectivity index (χ0) is 47.5. The summed E-state index contributed by atoms with van der Waals surface area (Å²) in [5.74, 6) is 0. The Labute approximate surface area is 416 Å². The van der Waals surface area contributed by atoms with Crippen molar-refractivity contribution in [2.24, 2.45) is 0 Å². The van der Waals surface area contributed by atoms with E-state index in [4.69, 9.17) is 0 Å². The van der Waals surface area contributed by atoms with E-state index in [0.29, 0.717) is 0 Å². The zero-order valence-electron chi connectivity index (χ0n) is 39.8. The molecular weight excluding hydrogens is 857 g/mol. The maximum atomic E-state index is 2.47. The number of fused-ring (bicyclic) bond motifs is 6. The van der Waals surface area contributed by atoms with E-state index in [1.807, 2.05) is 0 Å². The number of anilines is 3. The van der Waals surface area contributed by atoms with Crippen molar-refractivity contribution >= 4 is 38.9 Å². The lowest BCUT2D eigenvalue weighted by atomic mass is 9.82. The van der Waals surface area contributed by atoms with Gasteiger partial charge in [-0.15, -0.1) is 0 Å². The molecule has 0 bridgehead atoms. The number of hydrogen-bond acceptors (Lipinski definition) is 1. The second-order valence-corrected chi connectivity index (χ2v) is 19.3. The van der Waals surface area contributed by atoms with Crippen molar-refractivity contribution in [3.05, 3.63) is 278 Å². The third-order valence-electron chi connectivity index (χ3n) is 14.8. The fraction of sp³-hybridized carbons (Fsp3) is 0.0435. The lowest BCUT2D eigenvalue weighted by molar-refractivity contribution is 0.660. The summed E-state index contributed by atoms with van der Waals surface area (Å²) in [5.41, 5.74) is 24.1. The minimum Gasteiger partial charge on any atom is -0.310 e. The average molecular weight is 907 g/mol. The van der Waals surface area contributed by atoms with Crippen LogP contribution in [0.25, 0.3) is 94.3 Å². The first-order chi connectivity index (χ1) is 35.0. The summed E-state index contributed by atoms with van der Waals surface area (Å²) >= 11 is 0. The number of rotatable bonds is 9. The van der Waals surface area contributed by atoms with Crippen molar-refractivity contribution in [2.45, 2.75) is 19.3 Å². The molecule has 0 radical (unpaired) electrons. The number of aromatic nitrogens is 1. The van der Waals surface area contributed by atoms with Crippen molar-refractivity contribution in [1.82, 2.24) is 4.57 Å². The molecule has 2 heteroatoms. The van der Waals surface area contributed by atoms with Gasteiger partial charge >= 0.3 is 0 Å². The van der Waals surface area contributed by atoms with Gasteiger partial charge in [0, 0.05) is 44.5 Å². The number of hydrogen-bond donors (Lipinski definition) is 0. The molecule has 1 aromatic heterocycles. The van der Waals surface area contributed by atoms with E-state index in [1.54, 1.807) is 0 Å². The highest BCUT2D eigenvalue weighted by molar-refractivity contribution is 6.16. The van der Waals surface area contributed by atoms with E-state index >= 15 is 0 Å².